The van der Waals surface area contributed by atoms with Crippen LogP contribution < -0.4 is 5.73 Å². The van der Waals surface area contributed by atoms with Gasteiger partial charge in [0.15, 0.2) is 21.5 Å². The number of nitrogens with two attached hydrogens (primary N) is 1. The predicted octanol–water partition coefficient (Wildman–Crippen LogP) is 1.80. The van der Waals surface area contributed by atoms with Crippen LogP contribution in [0.25, 0.3) is 0 Å². The van der Waals surface area contributed by atoms with E-state index in [0.717, 1.165) is 12.5 Å². The zero-order chi connectivity index (χ0) is 14.0. The van der Waals surface area contributed by atoms with Crippen LogP contribution in [0.5, 0.6) is 0 Å². The molecule has 2 atom stereocenters. The molecular weight excluding hydrogens is 272 g/mol. The fraction of sp³-hybridized carbons (Fsp3) is 0.538. The van der Waals surface area contributed by atoms with E-state index in [1.165, 1.54) is 12.1 Å². The maximum atomic E-state index is 13.5. The zero-order valence-corrected chi connectivity index (χ0v) is 11.3. The van der Waals surface area contributed by atoms with E-state index in [1.807, 2.05) is 0 Å². The van der Waals surface area contributed by atoms with Gasteiger partial charge in [0.1, 0.15) is 0 Å². The first-order chi connectivity index (χ1) is 8.92. The molecule has 1 aromatic carbocycles. The number of rotatable bonds is 3. The Bertz CT molecular complexity index is 560. The Kier molecular flexibility index (Phi) is 4.20. The van der Waals surface area contributed by atoms with Gasteiger partial charge in [0, 0.05) is 6.04 Å². The average Bonchev–Trinajstić information content (AvgIpc) is 2.34. The molecule has 1 aliphatic rings. The maximum Gasteiger partial charge on any atom is 0.162 e. The van der Waals surface area contributed by atoms with Crippen molar-refractivity contribution in [2.75, 3.05) is 5.75 Å². The zero-order valence-electron chi connectivity index (χ0n) is 10.5. The molecule has 1 aromatic rings. The predicted molar refractivity (Wildman–Crippen MR) is 69.5 cm³/mol. The van der Waals surface area contributed by atoms with E-state index < -0.39 is 32.8 Å². The van der Waals surface area contributed by atoms with Crippen molar-refractivity contribution in [3.63, 3.8) is 0 Å². The molecule has 0 bridgehead atoms. The summed E-state index contributed by atoms with van der Waals surface area (Å²) in [5, 5.41) is -0.649. The van der Waals surface area contributed by atoms with Crippen LogP contribution in [0, 0.1) is 11.6 Å². The quantitative estimate of drug-likeness (QED) is 0.923. The van der Waals surface area contributed by atoms with Crippen molar-refractivity contribution < 1.29 is 17.2 Å². The molecule has 1 heterocycles. The highest BCUT2D eigenvalue weighted by molar-refractivity contribution is 7.92. The first kappa shape index (κ1) is 14.4. The van der Waals surface area contributed by atoms with Crippen molar-refractivity contribution in [2.24, 2.45) is 5.73 Å². The molecular formula is C13H17F2NO2S. The van der Waals surface area contributed by atoms with Crippen LogP contribution in [-0.2, 0) is 16.3 Å². The lowest BCUT2D eigenvalue weighted by molar-refractivity contribution is 0.473. The van der Waals surface area contributed by atoms with Crippen LogP contribution in [0.4, 0.5) is 8.78 Å². The summed E-state index contributed by atoms with van der Waals surface area (Å²) < 4.78 is 50.5. The summed E-state index contributed by atoms with van der Waals surface area (Å²) in [6.07, 6.45) is 2.00. The third-order valence-corrected chi connectivity index (χ3v) is 5.96. The minimum Gasteiger partial charge on any atom is -0.326 e. The lowest BCUT2D eigenvalue weighted by atomic mass is 10.00. The van der Waals surface area contributed by atoms with Gasteiger partial charge in [0.25, 0.3) is 0 Å². The van der Waals surface area contributed by atoms with Crippen LogP contribution in [-0.4, -0.2) is 25.5 Å². The Hall–Kier alpha value is -1.01. The molecule has 106 valence electrons. The summed E-state index contributed by atoms with van der Waals surface area (Å²) in [5.41, 5.74) is 6.04. The first-order valence-electron chi connectivity index (χ1n) is 6.32. The second kappa shape index (κ2) is 5.54. The fourth-order valence-corrected chi connectivity index (χ4v) is 4.62. The molecule has 0 amide bonds. The first-order valence-corrected chi connectivity index (χ1v) is 8.03. The Morgan fingerprint density at radius 2 is 2.05 bits per heavy atom. The van der Waals surface area contributed by atoms with Crippen LogP contribution in [0.15, 0.2) is 18.2 Å². The molecule has 1 saturated heterocycles. The van der Waals surface area contributed by atoms with Crippen molar-refractivity contribution in [3.8, 4) is 0 Å². The minimum atomic E-state index is -3.21. The van der Waals surface area contributed by atoms with Gasteiger partial charge in [0.05, 0.1) is 11.0 Å². The summed E-state index contributed by atoms with van der Waals surface area (Å²) >= 11 is 0. The van der Waals surface area contributed by atoms with E-state index in [4.69, 9.17) is 5.73 Å². The van der Waals surface area contributed by atoms with Gasteiger partial charge in [-0.2, -0.15) is 0 Å². The lowest BCUT2D eigenvalue weighted by Crippen LogP contribution is -2.45. The number of benzene rings is 1. The SMILES string of the molecule is NC(Cc1cccc(F)c1F)C1CCCCS1(=O)=O. The highest BCUT2D eigenvalue weighted by Crippen LogP contribution is 2.24. The highest BCUT2D eigenvalue weighted by atomic mass is 32.2. The third kappa shape index (κ3) is 3.12. The van der Waals surface area contributed by atoms with Crippen LogP contribution >= 0.6 is 0 Å². The van der Waals surface area contributed by atoms with Gasteiger partial charge in [-0.05, 0) is 30.9 Å². The van der Waals surface area contributed by atoms with Crippen LogP contribution in [0.3, 0.4) is 0 Å². The molecule has 19 heavy (non-hydrogen) atoms. The number of hydrogen-bond acceptors (Lipinski definition) is 3. The molecule has 0 saturated carbocycles. The van der Waals surface area contributed by atoms with E-state index in [0.29, 0.717) is 12.8 Å². The van der Waals surface area contributed by atoms with Gasteiger partial charge in [-0.15, -0.1) is 0 Å². The minimum absolute atomic E-state index is 0.0352. The monoisotopic (exact) mass is 289 g/mol. The van der Waals surface area contributed by atoms with Crippen molar-refractivity contribution in [1.82, 2.24) is 0 Å². The molecule has 1 aliphatic heterocycles. The van der Waals surface area contributed by atoms with Crippen molar-refractivity contribution in [1.29, 1.82) is 0 Å². The summed E-state index contributed by atoms with van der Waals surface area (Å²) in [6.45, 7) is 0. The van der Waals surface area contributed by atoms with E-state index >= 15 is 0 Å². The van der Waals surface area contributed by atoms with Crippen LogP contribution in [0.2, 0.25) is 0 Å². The number of hydrogen-bond donors (Lipinski definition) is 1. The molecule has 0 aromatic heterocycles. The smallest absolute Gasteiger partial charge is 0.162 e. The van der Waals surface area contributed by atoms with Gasteiger partial charge in [0.2, 0.25) is 0 Å². The fourth-order valence-electron chi connectivity index (χ4n) is 2.55. The summed E-state index contributed by atoms with van der Waals surface area (Å²) in [6, 6.07) is 3.17. The van der Waals surface area contributed by atoms with E-state index in [2.05, 4.69) is 0 Å². The van der Waals surface area contributed by atoms with Gasteiger partial charge >= 0.3 is 0 Å². The normalized spacial score (nSPS) is 24.1. The molecule has 2 unspecified atom stereocenters. The van der Waals surface area contributed by atoms with Crippen LogP contribution in [0.1, 0.15) is 24.8 Å². The second-order valence-electron chi connectivity index (χ2n) is 4.98. The standard InChI is InChI=1S/C13H17F2NO2S/c14-10-5-3-4-9(13(10)15)8-11(16)12-6-1-2-7-19(12,17)18/h3-5,11-12H,1-2,6-8,16H2. The summed E-state index contributed by atoms with van der Waals surface area (Å²) in [7, 11) is -3.21. The maximum absolute atomic E-state index is 13.5. The number of halogens is 2. The Balaban J connectivity index is 2.16. The summed E-state index contributed by atoms with van der Waals surface area (Å²) in [4.78, 5) is 0. The van der Waals surface area contributed by atoms with Crippen molar-refractivity contribution in [3.05, 3.63) is 35.4 Å². The van der Waals surface area contributed by atoms with E-state index in [-0.39, 0.29) is 17.7 Å². The molecule has 2 N–H and O–H groups in total. The Morgan fingerprint density at radius 1 is 1.32 bits per heavy atom. The van der Waals surface area contributed by atoms with Gasteiger partial charge < -0.3 is 5.73 Å². The second-order valence-corrected chi connectivity index (χ2v) is 7.32. The average molecular weight is 289 g/mol. The summed E-state index contributed by atoms with van der Waals surface area (Å²) in [5.74, 6) is -1.74. The molecule has 1 fully saturated rings. The Morgan fingerprint density at radius 3 is 2.74 bits per heavy atom. The molecule has 0 aliphatic carbocycles. The van der Waals surface area contributed by atoms with Gasteiger partial charge in [-0.1, -0.05) is 18.6 Å². The van der Waals surface area contributed by atoms with E-state index in [1.54, 1.807) is 0 Å². The molecule has 0 radical (unpaired) electrons. The third-order valence-electron chi connectivity index (χ3n) is 3.59. The number of sulfone groups is 1. The van der Waals surface area contributed by atoms with Gasteiger partial charge in [-0.25, -0.2) is 17.2 Å². The van der Waals surface area contributed by atoms with E-state index in [9.17, 15) is 17.2 Å². The largest absolute Gasteiger partial charge is 0.326 e. The molecule has 6 heteroatoms. The highest BCUT2D eigenvalue weighted by Gasteiger charge is 2.34. The van der Waals surface area contributed by atoms with Crippen molar-refractivity contribution in [2.45, 2.75) is 37.0 Å². The van der Waals surface area contributed by atoms with Gasteiger partial charge in [-0.3, -0.25) is 0 Å². The molecule has 3 nitrogen and oxygen atoms in total. The topological polar surface area (TPSA) is 60.2 Å². The van der Waals surface area contributed by atoms with Crippen molar-refractivity contribution >= 4 is 9.84 Å². The molecule has 2 rings (SSSR count). The molecule has 0 spiro atoms. The lowest BCUT2D eigenvalue weighted by Gasteiger charge is -2.27. The Labute approximate surface area is 111 Å².